The highest BCUT2D eigenvalue weighted by atomic mass is 35.5. The lowest BCUT2D eigenvalue weighted by atomic mass is 9.95. The number of aliphatic hydroxyl groups excluding tert-OH is 1. The van der Waals surface area contributed by atoms with E-state index in [0.717, 1.165) is 6.54 Å². The van der Waals surface area contributed by atoms with E-state index in [0.29, 0.717) is 47.2 Å². The smallest absolute Gasteiger partial charge is 0.295 e. The van der Waals surface area contributed by atoms with Crippen LogP contribution in [0.25, 0.3) is 5.76 Å². The zero-order valence-corrected chi connectivity index (χ0v) is 20.1. The monoisotopic (exact) mass is 472 g/mol. The Balaban J connectivity index is 2.10. The van der Waals surface area contributed by atoms with Crippen molar-refractivity contribution in [2.45, 2.75) is 19.4 Å². The normalized spacial score (nSPS) is 17.6. The summed E-state index contributed by atoms with van der Waals surface area (Å²) in [7, 11) is 5.45. The van der Waals surface area contributed by atoms with Crippen LogP contribution in [0.1, 0.15) is 30.5 Å². The molecule has 1 saturated heterocycles. The summed E-state index contributed by atoms with van der Waals surface area (Å²) < 4.78 is 10.8. The molecule has 0 saturated carbocycles. The summed E-state index contributed by atoms with van der Waals surface area (Å²) in [5, 5.41) is 11.5. The van der Waals surface area contributed by atoms with E-state index in [1.165, 1.54) is 11.0 Å². The van der Waals surface area contributed by atoms with Crippen LogP contribution >= 0.6 is 11.6 Å². The standard InChI is InChI=1S/C25H29ClN2O5/c1-5-33-20-11-10-17(15-19(20)26)23(29)21-22(16-8-6-9-18(14-16)32-4)28(25(31)24(21)30)13-7-12-27(2)3/h6,8-11,14-15,22,29H,5,7,12-13H2,1-4H3/t22-/m1/s1. The van der Waals surface area contributed by atoms with Gasteiger partial charge in [0, 0.05) is 12.1 Å². The minimum absolute atomic E-state index is 0.0262. The molecule has 0 radical (unpaired) electrons. The van der Waals surface area contributed by atoms with Crippen LogP contribution in [-0.2, 0) is 9.59 Å². The summed E-state index contributed by atoms with van der Waals surface area (Å²) in [6.45, 7) is 3.41. The number of halogens is 1. The average molecular weight is 473 g/mol. The predicted octanol–water partition coefficient (Wildman–Crippen LogP) is 4.12. The summed E-state index contributed by atoms with van der Waals surface area (Å²) >= 11 is 6.30. The fourth-order valence-corrected chi connectivity index (χ4v) is 4.14. The fraction of sp³-hybridized carbons (Fsp3) is 0.360. The fourth-order valence-electron chi connectivity index (χ4n) is 3.90. The molecule has 1 fully saturated rings. The molecule has 2 aromatic carbocycles. The third-order valence-corrected chi connectivity index (χ3v) is 5.75. The summed E-state index contributed by atoms with van der Waals surface area (Å²) in [6, 6.07) is 11.2. The number of hydrogen-bond acceptors (Lipinski definition) is 6. The molecule has 33 heavy (non-hydrogen) atoms. The van der Waals surface area contributed by atoms with Crippen molar-refractivity contribution in [2.24, 2.45) is 0 Å². The molecule has 0 spiro atoms. The number of ether oxygens (including phenoxy) is 2. The van der Waals surface area contributed by atoms with Gasteiger partial charge in [0.25, 0.3) is 11.7 Å². The van der Waals surface area contributed by atoms with Gasteiger partial charge < -0.3 is 24.4 Å². The van der Waals surface area contributed by atoms with Crippen LogP contribution in [0.2, 0.25) is 5.02 Å². The molecule has 0 aliphatic carbocycles. The number of carbonyl (C=O) groups is 2. The number of benzene rings is 2. The molecule has 2 aromatic rings. The highest BCUT2D eigenvalue weighted by Crippen LogP contribution is 2.41. The van der Waals surface area contributed by atoms with Gasteiger partial charge in [-0.15, -0.1) is 0 Å². The van der Waals surface area contributed by atoms with Crippen LogP contribution in [0, 0.1) is 0 Å². The number of carbonyl (C=O) groups excluding carboxylic acids is 2. The zero-order valence-electron chi connectivity index (χ0n) is 19.3. The molecule has 1 atom stereocenters. The topological polar surface area (TPSA) is 79.3 Å². The van der Waals surface area contributed by atoms with Gasteiger partial charge in [-0.25, -0.2) is 0 Å². The Morgan fingerprint density at radius 3 is 2.58 bits per heavy atom. The summed E-state index contributed by atoms with van der Waals surface area (Å²) in [6.07, 6.45) is 0.676. The Morgan fingerprint density at radius 2 is 1.94 bits per heavy atom. The van der Waals surface area contributed by atoms with Gasteiger partial charge >= 0.3 is 0 Å². The molecule has 7 nitrogen and oxygen atoms in total. The molecule has 1 amide bonds. The molecule has 1 aliphatic rings. The number of methoxy groups -OCH3 is 1. The third-order valence-electron chi connectivity index (χ3n) is 5.46. The first kappa shape index (κ1) is 24.6. The highest BCUT2D eigenvalue weighted by molar-refractivity contribution is 6.46. The van der Waals surface area contributed by atoms with E-state index in [4.69, 9.17) is 21.1 Å². The first-order chi connectivity index (χ1) is 15.8. The molecule has 176 valence electrons. The van der Waals surface area contributed by atoms with Crippen LogP contribution in [-0.4, -0.2) is 67.5 Å². The molecule has 3 rings (SSSR count). The largest absolute Gasteiger partial charge is 0.507 e. The first-order valence-electron chi connectivity index (χ1n) is 10.8. The van der Waals surface area contributed by atoms with Crippen LogP contribution < -0.4 is 9.47 Å². The Morgan fingerprint density at radius 1 is 1.18 bits per heavy atom. The number of aliphatic hydroxyl groups is 1. The molecular formula is C25H29ClN2O5. The van der Waals surface area contributed by atoms with E-state index >= 15 is 0 Å². The van der Waals surface area contributed by atoms with Crippen LogP contribution in [0.15, 0.2) is 48.0 Å². The maximum absolute atomic E-state index is 13.1. The van der Waals surface area contributed by atoms with E-state index in [9.17, 15) is 14.7 Å². The third kappa shape index (κ3) is 5.31. The predicted molar refractivity (Wildman–Crippen MR) is 128 cm³/mol. The van der Waals surface area contributed by atoms with Crippen LogP contribution in [0.3, 0.4) is 0 Å². The molecule has 0 aromatic heterocycles. The summed E-state index contributed by atoms with van der Waals surface area (Å²) in [4.78, 5) is 29.7. The second-order valence-corrected chi connectivity index (χ2v) is 8.41. The van der Waals surface area contributed by atoms with Crippen molar-refractivity contribution in [1.82, 2.24) is 9.80 Å². The highest BCUT2D eigenvalue weighted by Gasteiger charge is 2.45. The Labute approximate surface area is 199 Å². The molecule has 1 N–H and O–H groups in total. The number of nitrogens with zero attached hydrogens (tertiary/aromatic N) is 2. The van der Waals surface area contributed by atoms with E-state index in [1.807, 2.05) is 32.0 Å². The minimum atomic E-state index is -0.743. The quantitative estimate of drug-likeness (QED) is 0.336. The Kier molecular flexibility index (Phi) is 8.00. The van der Waals surface area contributed by atoms with E-state index in [1.54, 1.807) is 37.4 Å². The molecule has 1 aliphatic heterocycles. The SMILES string of the molecule is CCOc1ccc(C(O)=C2C(=O)C(=O)N(CCCN(C)C)[C@@H]2c2cccc(OC)c2)cc1Cl. The van der Waals surface area contributed by atoms with Crippen molar-refractivity contribution in [3.63, 3.8) is 0 Å². The van der Waals surface area contributed by atoms with Crippen molar-refractivity contribution in [2.75, 3.05) is 40.9 Å². The Hall–Kier alpha value is -3.03. The van der Waals surface area contributed by atoms with Gasteiger partial charge in [0.05, 0.1) is 30.4 Å². The van der Waals surface area contributed by atoms with Gasteiger partial charge in [-0.3, -0.25) is 9.59 Å². The van der Waals surface area contributed by atoms with Gasteiger partial charge in [-0.05, 0) is 69.9 Å². The van der Waals surface area contributed by atoms with E-state index in [-0.39, 0.29) is 11.3 Å². The van der Waals surface area contributed by atoms with Crippen LogP contribution in [0.4, 0.5) is 0 Å². The van der Waals surface area contributed by atoms with Gasteiger partial charge in [0.2, 0.25) is 0 Å². The van der Waals surface area contributed by atoms with Crippen molar-refractivity contribution in [1.29, 1.82) is 0 Å². The number of likely N-dealkylation sites (tertiary alicyclic amines) is 1. The molecule has 1 heterocycles. The summed E-state index contributed by atoms with van der Waals surface area (Å²) in [5.74, 6) is -0.573. The Bertz CT molecular complexity index is 1070. The van der Waals surface area contributed by atoms with Gasteiger partial charge in [0.15, 0.2) is 0 Å². The molecular weight excluding hydrogens is 444 g/mol. The minimum Gasteiger partial charge on any atom is -0.507 e. The van der Waals surface area contributed by atoms with Crippen molar-refractivity contribution < 1.29 is 24.2 Å². The lowest BCUT2D eigenvalue weighted by Crippen LogP contribution is -2.32. The lowest BCUT2D eigenvalue weighted by molar-refractivity contribution is -0.139. The molecule has 8 heteroatoms. The summed E-state index contributed by atoms with van der Waals surface area (Å²) in [5.41, 5.74) is 1.04. The van der Waals surface area contributed by atoms with Gasteiger partial charge in [-0.2, -0.15) is 0 Å². The number of Topliss-reactive ketones (excluding diaryl/α,β-unsaturated/α-hetero) is 1. The van der Waals surface area contributed by atoms with Crippen molar-refractivity contribution >= 4 is 29.1 Å². The maximum atomic E-state index is 13.1. The first-order valence-corrected chi connectivity index (χ1v) is 11.2. The lowest BCUT2D eigenvalue weighted by Gasteiger charge is -2.26. The number of hydrogen-bond donors (Lipinski definition) is 1. The van der Waals surface area contributed by atoms with E-state index in [2.05, 4.69) is 0 Å². The average Bonchev–Trinajstić information content (AvgIpc) is 3.05. The second-order valence-electron chi connectivity index (χ2n) is 8.00. The number of amides is 1. The van der Waals surface area contributed by atoms with Crippen LogP contribution in [0.5, 0.6) is 11.5 Å². The number of rotatable bonds is 9. The molecule has 0 unspecified atom stereocenters. The number of ketones is 1. The van der Waals surface area contributed by atoms with Gasteiger partial charge in [-0.1, -0.05) is 23.7 Å². The van der Waals surface area contributed by atoms with E-state index < -0.39 is 17.7 Å². The maximum Gasteiger partial charge on any atom is 0.295 e. The zero-order chi connectivity index (χ0) is 24.1. The van der Waals surface area contributed by atoms with Crippen molar-refractivity contribution in [3.8, 4) is 11.5 Å². The second kappa shape index (κ2) is 10.7. The molecule has 0 bridgehead atoms. The van der Waals surface area contributed by atoms with Gasteiger partial charge in [0.1, 0.15) is 17.3 Å². The van der Waals surface area contributed by atoms with Crippen molar-refractivity contribution in [3.05, 3.63) is 64.2 Å².